The molecule has 0 aromatic carbocycles. The Morgan fingerprint density at radius 2 is 1.67 bits per heavy atom. The fourth-order valence-electron chi connectivity index (χ4n) is 0.508. The van der Waals surface area contributed by atoms with Crippen molar-refractivity contribution < 1.29 is 25.8 Å². The van der Waals surface area contributed by atoms with Gasteiger partial charge in [0.05, 0.1) is 0 Å². The van der Waals surface area contributed by atoms with Gasteiger partial charge in [0, 0.05) is 0 Å². The molecule has 0 radical (unpaired) electrons. The van der Waals surface area contributed by atoms with Crippen LogP contribution in [-0.2, 0) is 25.8 Å². The van der Waals surface area contributed by atoms with Gasteiger partial charge in [0.2, 0.25) is 0 Å². The molecule has 0 fully saturated rings. The van der Waals surface area contributed by atoms with E-state index in [1.165, 1.54) is 0 Å². The van der Waals surface area contributed by atoms with Gasteiger partial charge < -0.3 is 0 Å². The van der Waals surface area contributed by atoms with E-state index in [4.69, 9.17) is 0 Å². The molecule has 0 saturated heterocycles. The van der Waals surface area contributed by atoms with Crippen LogP contribution < -0.4 is 0 Å². The standard InChI is InChI=1S/C5H11.3O.Re/c1-3-5-4-2;;;;/h1,3-5H2,2H3;;;;. The zero-order valence-corrected chi connectivity index (χ0v) is 8.15. The zero-order chi connectivity index (χ0) is 7.33. The van der Waals surface area contributed by atoms with Crippen molar-refractivity contribution in [2.45, 2.75) is 31.1 Å². The third kappa shape index (κ3) is 8.06. The predicted octanol–water partition coefficient (Wildman–Crippen LogP) is 1.79. The minimum atomic E-state index is -5.00. The third-order valence-electron chi connectivity index (χ3n) is 0.969. The van der Waals surface area contributed by atoms with Crippen molar-refractivity contribution in [3.05, 3.63) is 0 Å². The Bertz CT molecular complexity index is 181. The van der Waals surface area contributed by atoms with Crippen molar-refractivity contribution in [1.82, 2.24) is 0 Å². The van der Waals surface area contributed by atoms with Crippen LogP contribution in [0.1, 0.15) is 26.2 Å². The molecule has 0 N–H and O–H groups in total. The first kappa shape index (κ1) is 9.06. The van der Waals surface area contributed by atoms with E-state index >= 15 is 0 Å². The van der Waals surface area contributed by atoms with E-state index in [1.54, 1.807) is 0 Å². The maximum absolute atomic E-state index is 10.1. The third-order valence-corrected chi connectivity index (χ3v) is 3.59. The van der Waals surface area contributed by atoms with E-state index in [0.29, 0.717) is 6.42 Å². The molecule has 4 heteroatoms. The second kappa shape index (κ2) is 3.97. The van der Waals surface area contributed by atoms with Crippen LogP contribution in [0.2, 0.25) is 4.89 Å². The first-order valence-electron chi connectivity index (χ1n) is 2.94. The fraction of sp³-hybridized carbons (Fsp3) is 1.00. The molecule has 0 saturated carbocycles. The van der Waals surface area contributed by atoms with E-state index in [-0.39, 0.29) is 4.89 Å². The summed E-state index contributed by atoms with van der Waals surface area (Å²) in [5.74, 6) is 0. The van der Waals surface area contributed by atoms with Crippen LogP contribution in [0, 0.1) is 0 Å². The van der Waals surface area contributed by atoms with Crippen LogP contribution in [0.15, 0.2) is 0 Å². The number of hydrogen-bond donors (Lipinski definition) is 0. The predicted molar refractivity (Wildman–Crippen MR) is 26.4 cm³/mol. The van der Waals surface area contributed by atoms with Crippen molar-refractivity contribution in [3.63, 3.8) is 0 Å². The summed E-state index contributed by atoms with van der Waals surface area (Å²) in [7, 11) is 0. The van der Waals surface area contributed by atoms with Gasteiger partial charge in [-0.2, -0.15) is 0 Å². The van der Waals surface area contributed by atoms with Crippen LogP contribution in [0.25, 0.3) is 0 Å². The zero-order valence-electron chi connectivity index (χ0n) is 5.43. The van der Waals surface area contributed by atoms with Crippen molar-refractivity contribution in [3.8, 4) is 0 Å². The van der Waals surface area contributed by atoms with Gasteiger partial charge in [-0.05, 0) is 0 Å². The molecule has 3 nitrogen and oxygen atoms in total. The van der Waals surface area contributed by atoms with E-state index in [2.05, 4.69) is 0 Å². The molecule has 9 heavy (non-hydrogen) atoms. The van der Waals surface area contributed by atoms with Gasteiger partial charge in [-0.15, -0.1) is 0 Å². The average Bonchev–Trinajstić information content (AvgIpc) is 1.63. The van der Waals surface area contributed by atoms with E-state index in [0.717, 1.165) is 12.8 Å². The topological polar surface area (TPSA) is 51.2 Å². The Morgan fingerprint density at radius 3 is 2.00 bits per heavy atom. The second-order valence-electron chi connectivity index (χ2n) is 1.91. The molecule has 0 rings (SSSR count). The van der Waals surface area contributed by atoms with Crippen molar-refractivity contribution in [2.75, 3.05) is 0 Å². The Morgan fingerprint density at radius 1 is 1.11 bits per heavy atom. The van der Waals surface area contributed by atoms with Gasteiger partial charge in [-0.1, -0.05) is 0 Å². The quantitative estimate of drug-likeness (QED) is 0.744. The monoisotopic (exact) mass is 306 g/mol. The van der Waals surface area contributed by atoms with Gasteiger partial charge >= 0.3 is 56.9 Å². The van der Waals surface area contributed by atoms with Gasteiger partial charge in [0.15, 0.2) is 0 Å². The average molecular weight is 305 g/mol. The molecular formula is C5H11O3Re. The number of rotatable bonds is 4. The molecule has 0 aliphatic rings. The summed E-state index contributed by atoms with van der Waals surface area (Å²) < 4.78 is 30.2. The van der Waals surface area contributed by atoms with E-state index < -0.39 is 15.4 Å². The maximum atomic E-state index is 10.1. The summed E-state index contributed by atoms with van der Waals surface area (Å²) >= 11 is -5.00. The first-order valence-corrected chi connectivity index (χ1v) is 8.18. The van der Waals surface area contributed by atoms with E-state index in [1.807, 2.05) is 6.92 Å². The molecule has 0 aliphatic carbocycles. The van der Waals surface area contributed by atoms with Crippen molar-refractivity contribution >= 4 is 0 Å². The number of hydrogen-bond acceptors (Lipinski definition) is 3. The van der Waals surface area contributed by atoms with Crippen LogP contribution >= 0.6 is 0 Å². The minimum absolute atomic E-state index is 0.0894. The Hall–Kier alpha value is 0.0623. The van der Waals surface area contributed by atoms with Crippen LogP contribution in [-0.4, -0.2) is 0 Å². The van der Waals surface area contributed by atoms with E-state index in [9.17, 15) is 10.4 Å². The Balaban J connectivity index is 3.42. The van der Waals surface area contributed by atoms with Gasteiger partial charge in [0.25, 0.3) is 0 Å². The molecule has 0 atom stereocenters. The number of unbranched alkanes of at least 4 members (excludes halogenated alkanes) is 2. The normalized spacial score (nSPS) is 11.7. The molecule has 0 unspecified atom stereocenters. The Labute approximate surface area is 57.4 Å². The summed E-state index contributed by atoms with van der Waals surface area (Å²) in [4.78, 5) is -0.0894. The summed E-state index contributed by atoms with van der Waals surface area (Å²) in [5.41, 5.74) is 0. The Kier molecular flexibility index (Phi) is 4.00. The van der Waals surface area contributed by atoms with Crippen LogP contribution in [0.5, 0.6) is 0 Å². The summed E-state index contributed by atoms with van der Waals surface area (Å²) in [6.45, 7) is 1.97. The molecule has 0 amide bonds. The molecule has 0 bridgehead atoms. The molecule has 0 spiro atoms. The first-order chi connectivity index (χ1) is 4.06. The summed E-state index contributed by atoms with van der Waals surface area (Å²) in [6, 6.07) is 0. The molecule has 56 valence electrons. The molecular weight excluding hydrogens is 294 g/mol. The fourth-order valence-corrected chi connectivity index (χ4v) is 2.36. The van der Waals surface area contributed by atoms with Crippen LogP contribution in [0.3, 0.4) is 0 Å². The van der Waals surface area contributed by atoms with Gasteiger partial charge in [-0.25, -0.2) is 0 Å². The summed E-state index contributed by atoms with van der Waals surface area (Å²) in [5, 5.41) is 0. The summed E-state index contributed by atoms with van der Waals surface area (Å²) in [6.07, 6.45) is 2.36. The second-order valence-corrected chi connectivity index (χ2v) is 6.98. The SMILES string of the molecule is CCCC[CH2][Re](=[O])(=[O])=[O]. The van der Waals surface area contributed by atoms with Crippen molar-refractivity contribution in [1.29, 1.82) is 0 Å². The van der Waals surface area contributed by atoms with Gasteiger partial charge in [0.1, 0.15) is 0 Å². The molecule has 0 aromatic rings. The van der Waals surface area contributed by atoms with Gasteiger partial charge in [-0.3, -0.25) is 0 Å². The van der Waals surface area contributed by atoms with Crippen molar-refractivity contribution in [2.24, 2.45) is 0 Å². The molecule has 0 heterocycles. The molecule has 0 aromatic heterocycles. The molecule has 0 aliphatic heterocycles. The van der Waals surface area contributed by atoms with Crippen LogP contribution in [0.4, 0.5) is 0 Å².